The Morgan fingerprint density at radius 3 is 2.09 bits per heavy atom. The predicted molar refractivity (Wildman–Crippen MR) is 142 cm³/mol. The van der Waals surface area contributed by atoms with Gasteiger partial charge in [-0.3, -0.25) is 4.79 Å². The average Bonchev–Trinajstić information content (AvgIpc) is 2.89. The Morgan fingerprint density at radius 1 is 0.800 bits per heavy atom. The zero-order valence-electron chi connectivity index (χ0n) is 18.7. The molecule has 0 spiro atoms. The molecule has 0 radical (unpaired) electrons. The molecule has 0 heterocycles. The van der Waals surface area contributed by atoms with Crippen LogP contribution in [0, 0.1) is 0 Å². The van der Waals surface area contributed by atoms with Crippen molar-refractivity contribution in [1.29, 1.82) is 0 Å². The van der Waals surface area contributed by atoms with Crippen molar-refractivity contribution in [2.24, 2.45) is 5.10 Å². The summed E-state index contributed by atoms with van der Waals surface area (Å²) in [4.78, 5) is 12.8. The Bertz CT molecular complexity index is 1310. The number of carbonyl (C=O) groups is 1. The maximum atomic E-state index is 12.8. The molecular weight excluding hydrogens is 528 g/mol. The first-order chi connectivity index (χ1) is 17.1. The lowest BCUT2D eigenvalue weighted by Crippen LogP contribution is -2.18. The molecule has 4 rings (SSSR count). The summed E-state index contributed by atoms with van der Waals surface area (Å²) in [5, 5.41) is 4.79. The van der Waals surface area contributed by atoms with Gasteiger partial charge in [0.15, 0.2) is 0 Å². The quantitative estimate of drug-likeness (QED) is 0.180. The molecule has 0 aromatic heterocycles. The van der Waals surface area contributed by atoms with Gasteiger partial charge in [0.25, 0.3) is 5.91 Å². The third-order valence-corrected chi connectivity index (χ3v) is 5.82. The number of benzene rings is 4. The van der Waals surface area contributed by atoms with E-state index in [1.165, 1.54) is 0 Å². The maximum Gasteiger partial charge on any atom is 0.275 e. The number of hydrazone groups is 1. The molecule has 0 fully saturated rings. The lowest BCUT2D eigenvalue weighted by molar-refractivity contribution is 0.0950. The zero-order chi connectivity index (χ0) is 24.5. The Hall–Kier alpha value is -3.61. The molecule has 0 atom stereocenters. The third-order valence-electron chi connectivity index (χ3n) is 5.04. The molecule has 1 amide bonds. The number of halogens is 2. The number of nitrogens with one attached hydrogen (secondary N) is 1. The smallest absolute Gasteiger partial charge is 0.275 e. The Morgan fingerprint density at radius 2 is 1.37 bits per heavy atom. The summed E-state index contributed by atoms with van der Waals surface area (Å²) in [7, 11) is 0. The van der Waals surface area contributed by atoms with Crippen molar-refractivity contribution in [3.8, 4) is 11.5 Å². The molecule has 0 bridgehead atoms. The van der Waals surface area contributed by atoms with Crippen LogP contribution in [-0.4, -0.2) is 12.1 Å². The molecule has 0 aliphatic heterocycles. The monoisotopic (exact) mass is 548 g/mol. The van der Waals surface area contributed by atoms with Crippen LogP contribution in [0.3, 0.4) is 0 Å². The summed E-state index contributed by atoms with van der Waals surface area (Å²) < 4.78 is 12.8. The second kappa shape index (κ2) is 12.2. The van der Waals surface area contributed by atoms with Gasteiger partial charge in [0.2, 0.25) is 0 Å². The van der Waals surface area contributed by atoms with E-state index in [9.17, 15) is 4.79 Å². The molecule has 4 aromatic rings. The SMILES string of the molecule is O=C(N/N=C/c1ccccc1OCc1ccc(Br)cc1)c1ccccc1OCc1ccc(Cl)cc1. The van der Waals surface area contributed by atoms with Crippen LogP contribution in [0.25, 0.3) is 0 Å². The molecule has 0 aliphatic carbocycles. The molecular formula is C28H22BrClN2O3. The van der Waals surface area contributed by atoms with E-state index in [1.807, 2.05) is 66.7 Å². The molecule has 35 heavy (non-hydrogen) atoms. The standard InChI is InChI=1S/C28H22BrClN2O3/c29-23-13-9-20(10-14-23)18-34-26-7-3-1-5-22(26)17-31-32-28(33)25-6-2-4-8-27(25)35-19-21-11-15-24(30)16-12-21/h1-17H,18-19H2,(H,32,33)/b31-17+. The van der Waals surface area contributed by atoms with Crippen LogP contribution in [0.1, 0.15) is 27.0 Å². The van der Waals surface area contributed by atoms with Crippen molar-refractivity contribution in [2.75, 3.05) is 0 Å². The number of nitrogens with zero attached hydrogens (tertiary/aromatic N) is 1. The highest BCUT2D eigenvalue weighted by atomic mass is 79.9. The highest BCUT2D eigenvalue weighted by Crippen LogP contribution is 2.21. The minimum atomic E-state index is -0.374. The van der Waals surface area contributed by atoms with Crippen molar-refractivity contribution < 1.29 is 14.3 Å². The van der Waals surface area contributed by atoms with E-state index in [0.717, 1.165) is 21.2 Å². The first-order valence-corrected chi connectivity index (χ1v) is 12.0. The van der Waals surface area contributed by atoms with E-state index in [2.05, 4.69) is 26.5 Å². The van der Waals surface area contributed by atoms with Gasteiger partial charge in [-0.15, -0.1) is 0 Å². The van der Waals surface area contributed by atoms with Crippen LogP contribution in [0.4, 0.5) is 0 Å². The lowest BCUT2D eigenvalue weighted by atomic mass is 10.2. The predicted octanol–water partition coefficient (Wildman–Crippen LogP) is 7.02. The second-order valence-corrected chi connectivity index (χ2v) is 8.92. The van der Waals surface area contributed by atoms with Gasteiger partial charge in [-0.1, -0.05) is 76.1 Å². The fourth-order valence-electron chi connectivity index (χ4n) is 3.20. The van der Waals surface area contributed by atoms with Crippen molar-refractivity contribution in [2.45, 2.75) is 13.2 Å². The van der Waals surface area contributed by atoms with Gasteiger partial charge < -0.3 is 9.47 Å². The third kappa shape index (κ3) is 7.18. The first-order valence-electron chi connectivity index (χ1n) is 10.8. The first kappa shape index (κ1) is 24.5. The van der Waals surface area contributed by atoms with Crippen molar-refractivity contribution in [3.63, 3.8) is 0 Å². The van der Waals surface area contributed by atoms with E-state index in [0.29, 0.717) is 35.3 Å². The highest BCUT2D eigenvalue weighted by Gasteiger charge is 2.12. The number of hydrogen-bond acceptors (Lipinski definition) is 4. The van der Waals surface area contributed by atoms with E-state index in [-0.39, 0.29) is 5.91 Å². The van der Waals surface area contributed by atoms with Crippen molar-refractivity contribution >= 4 is 39.7 Å². The summed E-state index contributed by atoms with van der Waals surface area (Å²) in [5.41, 5.74) is 5.70. The Kier molecular flexibility index (Phi) is 8.54. The van der Waals surface area contributed by atoms with Gasteiger partial charge in [0.1, 0.15) is 24.7 Å². The minimum Gasteiger partial charge on any atom is -0.488 e. The Labute approximate surface area is 217 Å². The van der Waals surface area contributed by atoms with E-state index in [4.69, 9.17) is 21.1 Å². The fourth-order valence-corrected chi connectivity index (χ4v) is 3.59. The van der Waals surface area contributed by atoms with E-state index >= 15 is 0 Å². The maximum absolute atomic E-state index is 12.8. The molecule has 0 unspecified atom stereocenters. The van der Waals surface area contributed by atoms with Crippen LogP contribution in [0.5, 0.6) is 11.5 Å². The number of amides is 1. The van der Waals surface area contributed by atoms with Gasteiger partial charge in [-0.25, -0.2) is 5.43 Å². The van der Waals surface area contributed by atoms with Gasteiger partial charge in [0.05, 0.1) is 11.8 Å². The molecule has 0 aliphatic rings. The summed E-state index contributed by atoms with van der Waals surface area (Å²) in [5.74, 6) is 0.759. The molecule has 4 aromatic carbocycles. The van der Waals surface area contributed by atoms with Gasteiger partial charge in [-0.2, -0.15) is 5.10 Å². The van der Waals surface area contributed by atoms with E-state index < -0.39 is 0 Å². The normalized spacial score (nSPS) is 10.8. The second-order valence-electron chi connectivity index (χ2n) is 7.56. The lowest BCUT2D eigenvalue weighted by Gasteiger charge is -2.11. The number of rotatable bonds is 9. The average molecular weight is 550 g/mol. The molecule has 0 saturated heterocycles. The van der Waals surface area contributed by atoms with Crippen molar-refractivity contribution in [1.82, 2.24) is 5.43 Å². The minimum absolute atomic E-state index is 0.313. The van der Waals surface area contributed by atoms with Crippen LogP contribution >= 0.6 is 27.5 Å². The molecule has 7 heteroatoms. The number of hydrogen-bond donors (Lipinski definition) is 1. The van der Waals surface area contributed by atoms with Crippen LogP contribution in [0.15, 0.2) is 107 Å². The van der Waals surface area contributed by atoms with Crippen LogP contribution < -0.4 is 14.9 Å². The summed E-state index contributed by atoms with van der Waals surface area (Å²) >= 11 is 9.36. The van der Waals surface area contributed by atoms with Gasteiger partial charge in [0, 0.05) is 15.1 Å². The summed E-state index contributed by atoms with van der Waals surface area (Å²) in [6, 6.07) is 29.8. The summed E-state index contributed by atoms with van der Waals surface area (Å²) in [6.45, 7) is 0.733. The zero-order valence-corrected chi connectivity index (χ0v) is 21.0. The van der Waals surface area contributed by atoms with Crippen molar-refractivity contribution in [3.05, 3.63) is 129 Å². The number of carbonyl (C=O) groups excluding carboxylic acids is 1. The fraction of sp³-hybridized carbons (Fsp3) is 0.0714. The van der Waals surface area contributed by atoms with Gasteiger partial charge in [-0.05, 0) is 59.7 Å². The topological polar surface area (TPSA) is 59.9 Å². The molecule has 0 saturated carbocycles. The van der Waals surface area contributed by atoms with Gasteiger partial charge >= 0.3 is 0 Å². The van der Waals surface area contributed by atoms with Crippen LogP contribution in [-0.2, 0) is 13.2 Å². The molecule has 5 nitrogen and oxygen atoms in total. The number of para-hydroxylation sites is 2. The Balaban J connectivity index is 1.38. The number of ether oxygens (including phenoxy) is 2. The largest absolute Gasteiger partial charge is 0.488 e. The molecule has 1 N–H and O–H groups in total. The van der Waals surface area contributed by atoms with Crippen LogP contribution in [0.2, 0.25) is 5.02 Å². The molecule has 176 valence electrons. The summed E-state index contributed by atoms with van der Waals surface area (Å²) in [6.07, 6.45) is 1.56. The van der Waals surface area contributed by atoms with E-state index in [1.54, 1.807) is 36.5 Å². The highest BCUT2D eigenvalue weighted by molar-refractivity contribution is 9.10.